The second-order valence-electron chi connectivity index (χ2n) is 8.03. The summed E-state index contributed by atoms with van der Waals surface area (Å²) >= 11 is 0. The van der Waals surface area contributed by atoms with Crippen molar-refractivity contribution >= 4 is 11.5 Å². The minimum atomic E-state index is 0.214. The first-order valence-electron chi connectivity index (χ1n) is 10.5. The van der Waals surface area contributed by atoms with Crippen LogP contribution in [0.1, 0.15) is 35.4 Å². The maximum Gasteiger partial charge on any atom is 0.181 e. The van der Waals surface area contributed by atoms with Crippen LogP contribution < -0.4 is 14.4 Å². The molecule has 158 valence electrons. The number of hydrogen-bond donors (Lipinski definition) is 0. The van der Waals surface area contributed by atoms with Crippen molar-refractivity contribution in [3.8, 4) is 11.5 Å². The van der Waals surface area contributed by atoms with Crippen molar-refractivity contribution in [3.05, 3.63) is 40.7 Å². The Morgan fingerprint density at radius 2 is 1.97 bits per heavy atom. The zero-order chi connectivity index (χ0) is 20.7. The van der Waals surface area contributed by atoms with E-state index in [-0.39, 0.29) is 6.10 Å². The van der Waals surface area contributed by atoms with Gasteiger partial charge < -0.3 is 19.1 Å². The fourth-order valence-electron chi connectivity index (χ4n) is 4.29. The van der Waals surface area contributed by atoms with Crippen LogP contribution in [-0.4, -0.2) is 52.7 Å². The predicted octanol–water partition coefficient (Wildman–Crippen LogP) is 2.87. The number of aryl methyl sites for hydroxylation is 1. The Hall–Kier alpha value is -2.87. The van der Waals surface area contributed by atoms with E-state index in [1.54, 1.807) is 7.11 Å². The van der Waals surface area contributed by atoms with Crippen molar-refractivity contribution in [2.24, 2.45) is 0 Å². The molecule has 3 aromatic rings. The van der Waals surface area contributed by atoms with E-state index in [9.17, 15) is 0 Å². The summed E-state index contributed by atoms with van der Waals surface area (Å²) in [6.45, 7) is 7.15. The molecule has 0 radical (unpaired) electrons. The highest BCUT2D eigenvalue weighted by Gasteiger charge is 2.25. The van der Waals surface area contributed by atoms with Gasteiger partial charge in [0.05, 0.1) is 6.61 Å². The van der Waals surface area contributed by atoms with Gasteiger partial charge in [-0.05, 0) is 32.0 Å². The van der Waals surface area contributed by atoms with E-state index in [1.807, 2.05) is 16.6 Å². The van der Waals surface area contributed by atoms with Gasteiger partial charge in [0, 0.05) is 56.2 Å². The molecule has 30 heavy (non-hydrogen) atoms. The molecular weight excluding hydrogens is 382 g/mol. The van der Waals surface area contributed by atoms with E-state index in [2.05, 4.69) is 35.0 Å². The van der Waals surface area contributed by atoms with Gasteiger partial charge in [0.15, 0.2) is 17.3 Å². The third-order valence-electron chi connectivity index (χ3n) is 6.11. The summed E-state index contributed by atoms with van der Waals surface area (Å²) in [5, 5.41) is 13.4. The van der Waals surface area contributed by atoms with Gasteiger partial charge in [-0.15, -0.1) is 15.3 Å². The molecule has 0 bridgehead atoms. The first-order chi connectivity index (χ1) is 14.6. The molecule has 0 saturated carbocycles. The fourth-order valence-corrected chi connectivity index (χ4v) is 4.29. The molecule has 0 amide bonds. The highest BCUT2D eigenvalue weighted by atomic mass is 16.5. The minimum absolute atomic E-state index is 0.214. The molecular formula is C22H27N5O3. The number of benzene rings is 1. The number of rotatable bonds is 5. The molecule has 4 heterocycles. The topological polar surface area (TPSA) is 74.0 Å². The van der Waals surface area contributed by atoms with Gasteiger partial charge in [-0.1, -0.05) is 0 Å². The van der Waals surface area contributed by atoms with Gasteiger partial charge in [-0.3, -0.25) is 0 Å². The van der Waals surface area contributed by atoms with Crippen LogP contribution in [0.5, 0.6) is 11.5 Å². The van der Waals surface area contributed by atoms with E-state index in [1.165, 1.54) is 5.56 Å². The molecule has 2 aliphatic rings. The van der Waals surface area contributed by atoms with Gasteiger partial charge in [0.2, 0.25) is 0 Å². The molecule has 0 unspecified atom stereocenters. The van der Waals surface area contributed by atoms with Crippen LogP contribution in [0.2, 0.25) is 0 Å². The number of ether oxygens (including phenoxy) is 3. The van der Waals surface area contributed by atoms with Gasteiger partial charge in [0.1, 0.15) is 24.2 Å². The molecule has 0 atom stereocenters. The summed E-state index contributed by atoms with van der Waals surface area (Å²) in [7, 11) is 1.65. The van der Waals surface area contributed by atoms with Gasteiger partial charge in [-0.25, -0.2) is 0 Å². The lowest BCUT2D eigenvalue weighted by Gasteiger charge is -2.34. The quantitative estimate of drug-likeness (QED) is 0.641. The summed E-state index contributed by atoms with van der Waals surface area (Å²) < 4.78 is 18.9. The predicted molar refractivity (Wildman–Crippen MR) is 112 cm³/mol. The normalized spacial score (nSPS) is 16.7. The molecule has 0 N–H and O–H groups in total. The summed E-state index contributed by atoms with van der Waals surface area (Å²) in [5.41, 5.74) is 4.29. The molecule has 0 spiro atoms. The number of piperidine rings is 1. The molecule has 2 aromatic heterocycles. The lowest BCUT2D eigenvalue weighted by Crippen LogP contribution is -2.39. The number of nitrogens with zero attached hydrogens (tertiary/aromatic N) is 5. The second-order valence-corrected chi connectivity index (χ2v) is 8.03. The summed E-state index contributed by atoms with van der Waals surface area (Å²) in [6.07, 6.45) is 3.09. The van der Waals surface area contributed by atoms with Crippen LogP contribution in [0, 0.1) is 13.8 Å². The summed E-state index contributed by atoms with van der Waals surface area (Å²) in [4.78, 5) is 2.34. The second kappa shape index (κ2) is 7.75. The Balaban J connectivity index is 1.31. The number of methoxy groups -OCH3 is 1. The largest absolute Gasteiger partial charge is 0.493 e. The fraction of sp³-hybridized carbons (Fsp3) is 0.500. The van der Waals surface area contributed by atoms with Gasteiger partial charge >= 0.3 is 0 Å². The van der Waals surface area contributed by atoms with Crippen LogP contribution in [0.25, 0.3) is 5.65 Å². The highest BCUT2D eigenvalue weighted by molar-refractivity contribution is 5.59. The lowest BCUT2D eigenvalue weighted by atomic mass is 10.1. The van der Waals surface area contributed by atoms with Crippen LogP contribution in [0.3, 0.4) is 0 Å². The van der Waals surface area contributed by atoms with E-state index in [0.29, 0.717) is 6.61 Å². The van der Waals surface area contributed by atoms with E-state index < -0.39 is 0 Å². The molecule has 5 rings (SSSR count). The van der Waals surface area contributed by atoms with Gasteiger partial charge in [0.25, 0.3) is 0 Å². The Morgan fingerprint density at radius 3 is 2.77 bits per heavy atom. The standard InChI is InChI=1S/C22H27N5O3/c1-14-15(2)22(25-27-20(13-28-3)23-24-21(14)27)26-9-6-17(7-10-26)30-18-4-5-19-16(12-18)8-11-29-19/h4-5,12,17H,6-11,13H2,1-3H3. The summed E-state index contributed by atoms with van der Waals surface area (Å²) in [6, 6.07) is 6.17. The van der Waals surface area contributed by atoms with E-state index in [0.717, 1.165) is 78.9 Å². The summed E-state index contributed by atoms with van der Waals surface area (Å²) in [5.74, 6) is 3.64. The zero-order valence-electron chi connectivity index (χ0n) is 17.7. The monoisotopic (exact) mass is 409 g/mol. The number of hydrogen-bond acceptors (Lipinski definition) is 7. The number of fused-ring (bicyclic) bond motifs is 2. The Morgan fingerprint density at radius 1 is 1.13 bits per heavy atom. The minimum Gasteiger partial charge on any atom is -0.493 e. The lowest BCUT2D eigenvalue weighted by molar-refractivity contribution is 0.170. The van der Waals surface area contributed by atoms with Crippen molar-refractivity contribution in [1.29, 1.82) is 0 Å². The molecule has 2 aliphatic heterocycles. The van der Waals surface area contributed by atoms with Crippen molar-refractivity contribution in [2.75, 3.05) is 31.7 Å². The molecule has 8 heteroatoms. The average Bonchev–Trinajstić information content (AvgIpc) is 3.38. The van der Waals surface area contributed by atoms with Crippen molar-refractivity contribution in [3.63, 3.8) is 0 Å². The first-order valence-corrected chi connectivity index (χ1v) is 10.5. The third kappa shape index (κ3) is 3.35. The Kier molecular flexibility index (Phi) is 4.94. The molecule has 1 saturated heterocycles. The molecule has 0 aliphatic carbocycles. The smallest absolute Gasteiger partial charge is 0.181 e. The SMILES string of the molecule is COCc1nnc2c(C)c(C)c(N3CCC(Oc4ccc5c(c4)CCO5)CC3)nn12. The van der Waals surface area contributed by atoms with E-state index >= 15 is 0 Å². The maximum absolute atomic E-state index is 6.28. The van der Waals surface area contributed by atoms with Crippen LogP contribution in [0.15, 0.2) is 18.2 Å². The molecule has 1 aromatic carbocycles. The van der Waals surface area contributed by atoms with Crippen LogP contribution in [-0.2, 0) is 17.8 Å². The average molecular weight is 409 g/mol. The van der Waals surface area contributed by atoms with Crippen LogP contribution >= 0.6 is 0 Å². The number of anilines is 1. The first kappa shape index (κ1) is 19.1. The Labute approximate surface area is 175 Å². The highest BCUT2D eigenvalue weighted by Crippen LogP contribution is 2.31. The molecule has 1 fully saturated rings. The van der Waals surface area contributed by atoms with Crippen LogP contribution in [0.4, 0.5) is 5.82 Å². The van der Waals surface area contributed by atoms with E-state index in [4.69, 9.17) is 19.3 Å². The molecule has 8 nitrogen and oxygen atoms in total. The number of aromatic nitrogens is 4. The zero-order valence-corrected chi connectivity index (χ0v) is 17.7. The third-order valence-corrected chi connectivity index (χ3v) is 6.11. The van der Waals surface area contributed by atoms with Crippen molar-refractivity contribution in [1.82, 2.24) is 19.8 Å². The van der Waals surface area contributed by atoms with Gasteiger partial charge in [-0.2, -0.15) is 4.52 Å². The Bertz CT molecular complexity index is 1070. The maximum atomic E-state index is 6.28. The van der Waals surface area contributed by atoms with Crippen molar-refractivity contribution < 1.29 is 14.2 Å². The van der Waals surface area contributed by atoms with Crippen molar-refractivity contribution in [2.45, 2.75) is 45.8 Å².